The largest absolute Gasteiger partial charge is 0.388 e. The summed E-state index contributed by atoms with van der Waals surface area (Å²) >= 11 is 0. The summed E-state index contributed by atoms with van der Waals surface area (Å²) in [6.45, 7) is 8.26. The first-order valence-electron chi connectivity index (χ1n) is 7.09. The van der Waals surface area contributed by atoms with E-state index >= 15 is 0 Å². The summed E-state index contributed by atoms with van der Waals surface area (Å²) in [5.74, 6) is 1.37. The summed E-state index contributed by atoms with van der Waals surface area (Å²) in [4.78, 5) is 14.6. The Bertz CT molecular complexity index is 460. The fourth-order valence-corrected chi connectivity index (χ4v) is 3.09. The molecular weight excluding hydrogens is 236 g/mol. The van der Waals surface area contributed by atoms with Gasteiger partial charge in [-0.1, -0.05) is 13.8 Å². The van der Waals surface area contributed by atoms with Crippen molar-refractivity contribution in [1.82, 2.24) is 4.90 Å². The summed E-state index contributed by atoms with van der Waals surface area (Å²) in [6, 6.07) is 5.89. The molecule has 0 bridgehead atoms. The van der Waals surface area contributed by atoms with Gasteiger partial charge in [0.2, 0.25) is 0 Å². The van der Waals surface area contributed by atoms with Crippen LogP contribution in [0.15, 0.2) is 18.2 Å². The zero-order valence-electron chi connectivity index (χ0n) is 12.4. The fourth-order valence-electron chi connectivity index (χ4n) is 3.09. The molecule has 2 unspecified atom stereocenters. The third-order valence-corrected chi connectivity index (χ3v) is 3.90. The Labute approximate surface area is 116 Å². The number of nitrogens with one attached hydrogen (secondary N) is 1. The van der Waals surface area contributed by atoms with E-state index in [0.717, 1.165) is 29.9 Å². The van der Waals surface area contributed by atoms with Crippen LogP contribution in [0.1, 0.15) is 36.2 Å². The average Bonchev–Trinajstić information content (AvgIpc) is 2.36. The molecule has 0 saturated carbocycles. The van der Waals surface area contributed by atoms with Crippen LogP contribution < -0.4 is 5.32 Å². The van der Waals surface area contributed by atoms with Crippen molar-refractivity contribution < 1.29 is 4.79 Å². The molecule has 1 aromatic carbocycles. The summed E-state index contributed by atoms with van der Waals surface area (Å²) < 4.78 is 0. The maximum Gasteiger partial charge on any atom is 0.253 e. The Morgan fingerprint density at radius 3 is 2.42 bits per heavy atom. The van der Waals surface area contributed by atoms with Gasteiger partial charge in [-0.15, -0.1) is 0 Å². The maximum atomic E-state index is 12.5. The Morgan fingerprint density at radius 2 is 1.89 bits per heavy atom. The number of carbonyl (C=O) groups is 1. The van der Waals surface area contributed by atoms with Crippen molar-refractivity contribution in [2.75, 3.05) is 25.5 Å². The number of nitrogens with zero attached hydrogens (tertiary/aromatic N) is 1. The first-order valence-corrected chi connectivity index (χ1v) is 7.09. The molecule has 104 valence electrons. The monoisotopic (exact) mass is 260 g/mol. The van der Waals surface area contributed by atoms with Crippen molar-refractivity contribution in [3.63, 3.8) is 0 Å². The van der Waals surface area contributed by atoms with E-state index in [2.05, 4.69) is 19.2 Å². The number of benzene rings is 1. The number of likely N-dealkylation sites (tertiary alicyclic amines) is 1. The van der Waals surface area contributed by atoms with Crippen LogP contribution in [0, 0.1) is 18.8 Å². The molecule has 2 atom stereocenters. The number of hydrogen-bond donors (Lipinski definition) is 1. The predicted octanol–water partition coefficient (Wildman–Crippen LogP) is 3.15. The molecule has 0 spiro atoms. The lowest BCUT2D eigenvalue weighted by Crippen LogP contribution is -2.42. The number of carbonyl (C=O) groups excluding carboxylic acids is 1. The third-order valence-electron chi connectivity index (χ3n) is 3.90. The van der Waals surface area contributed by atoms with Crippen LogP contribution >= 0.6 is 0 Å². The van der Waals surface area contributed by atoms with Crippen molar-refractivity contribution in [2.24, 2.45) is 11.8 Å². The summed E-state index contributed by atoms with van der Waals surface area (Å²) in [7, 11) is 1.90. The lowest BCUT2D eigenvalue weighted by Gasteiger charge is -2.35. The molecule has 1 heterocycles. The van der Waals surface area contributed by atoms with Gasteiger partial charge in [-0.25, -0.2) is 0 Å². The number of hydrogen-bond acceptors (Lipinski definition) is 2. The maximum absolute atomic E-state index is 12.5. The van der Waals surface area contributed by atoms with E-state index in [1.54, 1.807) is 0 Å². The van der Waals surface area contributed by atoms with Crippen LogP contribution in [0.25, 0.3) is 0 Å². The van der Waals surface area contributed by atoms with E-state index in [4.69, 9.17) is 0 Å². The molecule has 1 amide bonds. The Morgan fingerprint density at radius 1 is 1.26 bits per heavy atom. The molecule has 3 nitrogen and oxygen atoms in total. The molecular formula is C16H24N2O. The zero-order valence-corrected chi connectivity index (χ0v) is 12.4. The summed E-state index contributed by atoms with van der Waals surface area (Å²) in [5, 5.41) is 3.13. The van der Waals surface area contributed by atoms with Gasteiger partial charge in [-0.2, -0.15) is 0 Å². The van der Waals surface area contributed by atoms with Gasteiger partial charge in [-0.3, -0.25) is 4.79 Å². The second-order valence-electron chi connectivity index (χ2n) is 5.94. The predicted molar refractivity (Wildman–Crippen MR) is 79.6 cm³/mol. The SMILES string of the molecule is CNc1ccc(C(=O)N2CC(C)CC(C)C2)cc1C. The minimum atomic E-state index is 0.171. The van der Waals surface area contributed by atoms with Gasteiger partial charge >= 0.3 is 0 Å². The highest BCUT2D eigenvalue weighted by Crippen LogP contribution is 2.23. The van der Waals surface area contributed by atoms with Crippen LogP contribution in [0.3, 0.4) is 0 Å². The first-order chi connectivity index (χ1) is 9.01. The second kappa shape index (κ2) is 5.64. The first kappa shape index (κ1) is 13.9. The minimum Gasteiger partial charge on any atom is -0.388 e. The highest BCUT2D eigenvalue weighted by atomic mass is 16.2. The Kier molecular flexibility index (Phi) is 4.13. The molecule has 1 saturated heterocycles. The normalized spacial score (nSPS) is 23.3. The van der Waals surface area contributed by atoms with Gasteiger partial charge in [0.05, 0.1) is 0 Å². The lowest BCUT2D eigenvalue weighted by molar-refractivity contribution is 0.0623. The summed E-state index contributed by atoms with van der Waals surface area (Å²) in [5.41, 5.74) is 3.00. The van der Waals surface area contributed by atoms with Crippen molar-refractivity contribution >= 4 is 11.6 Å². The fraction of sp³-hybridized carbons (Fsp3) is 0.562. The molecule has 1 N–H and O–H groups in total. The van der Waals surface area contributed by atoms with Gasteiger partial charge in [0.1, 0.15) is 0 Å². The van der Waals surface area contributed by atoms with E-state index in [1.807, 2.05) is 37.1 Å². The van der Waals surface area contributed by atoms with Crippen molar-refractivity contribution in [2.45, 2.75) is 27.2 Å². The van der Waals surface area contributed by atoms with Crippen LogP contribution in [-0.4, -0.2) is 30.9 Å². The van der Waals surface area contributed by atoms with Crippen LogP contribution in [0.4, 0.5) is 5.69 Å². The highest BCUT2D eigenvalue weighted by Gasteiger charge is 2.26. The summed E-state index contributed by atoms with van der Waals surface area (Å²) in [6.07, 6.45) is 1.22. The smallest absolute Gasteiger partial charge is 0.253 e. The van der Waals surface area contributed by atoms with Gasteiger partial charge in [-0.05, 0) is 48.9 Å². The zero-order chi connectivity index (χ0) is 14.0. The molecule has 2 rings (SSSR count). The van der Waals surface area contributed by atoms with Gasteiger partial charge in [0.15, 0.2) is 0 Å². The molecule has 3 heteroatoms. The van der Waals surface area contributed by atoms with E-state index in [-0.39, 0.29) is 5.91 Å². The van der Waals surface area contributed by atoms with Crippen LogP contribution in [0.5, 0.6) is 0 Å². The molecule has 0 aliphatic carbocycles. The number of amides is 1. The topological polar surface area (TPSA) is 32.3 Å². The van der Waals surface area contributed by atoms with E-state index < -0.39 is 0 Å². The van der Waals surface area contributed by atoms with Gasteiger partial charge in [0.25, 0.3) is 5.91 Å². The van der Waals surface area contributed by atoms with Crippen molar-refractivity contribution in [3.8, 4) is 0 Å². The lowest BCUT2D eigenvalue weighted by atomic mass is 9.91. The quantitative estimate of drug-likeness (QED) is 0.886. The number of aryl methyl sites for hydroxylation is 1. The molecule has 1 aliphatic heterocycles. The van der Waals surface area contributed by atoms with E-state index in [0.29, 0.717) is 11.8 Å². The molecule has 0 aromatic heterocycles. The van der Waals surface area contributed by atoms with Crippen LogP contribution in [-0.2, 0) is 0 Å². The third kappa shape index (κ3) is 3.09. The number of piperidine rings is 1. The Hall–Kier alpha value is -1.51. The number of rotatable bonds is 2. The van der Waals surface area contributed by atoms with Gasteiger partial charge < -0.3 is 10.2 Å². The standard InChI is InChI=1S/C16H24N2O/c1-11-7-12(2)10-18(9-11)16(19)14-5-6-15(17-4)13(3)8-14/h5-6,8,11-12,17H,7,9-10H2,1-4H3. The Balaban J connectivity index is 2.17. The molecule has 0 radical (unpaired) electrons. The van der Waals surface area contributed by atoms with Crippen LogP contribution in [0.2, 0.25) is 0 Å². The minimum absolute atomic E-state index is 0.171. The van der Waals surface area contributed by atoms with E-state index in [1.165, 1.54) is 6.42 Å². The molecule has 1 fully saturated rings. The van der Waals surface area contributed by atoms with Gasteiger partial charge in [0, 0.05) is 31.4 Å². The van der Waals surface area contributed by atoms with Crippen molar-refractivity contribution in [1.29, 1.82) is 0 Å². The second-order valence-corrected chi connectivity index (χ2v) is 5.94. The molecule has 19 heavy (non-hydrogen) atoms. The average molecular weight is 260 g/mol. The molecule has 1 aromatic rings. The molecule has 1 aliphatic rings. The highest BCUT2D eigenvalue weighted by molar-refractivity contribution is 5.95. The van der Waals surface area contributed by atoms with Crippen molar-refractivity contribution in [3.05, 3.63) is 29.3 Å². The van der Waals surface area contributed by atoms with E-state index in [9.17, 15) is 4.79 Å². The number of anilines is 1.